The molecule has 4 nitrogen and oxygen atoms in total. The molecule has 0 bridgehead atoms. The topological polar surface area (TPSA) is 49.4 Å². The predicted molar refractivity (Wildman–Crippen MR) is 69.0 cm³/mol. The molecule has 98 valence electrons. The van der Waals surface area contributed by atoms with Gasteiger partial charge in [-0.15, -0.1) is 0 Å². The highest BCUT2D eigenvalue weighted by atomic mass is 32.2. The normalized spacial score (nSPS) is 13.4. The molecular weight excluding hydrogens is 224 g/mol. The monoisotopic (exact) mass is 250 g/mol. The molecule has 0 aromatic heterocycles. The van der Waals surface area contributed by atoms with Gasteiger partial charge in [-0.05, 0) is 18.4 Å². The van der Waals surface area contributed by atoms with E-state index in [0.29, 0.717) is 13.1 Å². The molecule has 0 spiro atoms. The van der Waals surface area contributed by atoms with Gasteiger partial charge in [0.15, 0.2) is 0 Å². The Morgan fingerprint density at radius 1 is 1.19 bits per heavy atom. The Bertz CT molecular complexity index is 281. The molecule has 0 unspecified atom stereocenters. The second-order valence-corrected chi connectivity index (χ2v) is 7.58. The Balaban J connectivity index is 4.12. The molecular formula is C11H26N2O2S. The molecule has 0 aromatic rings. The van der Waals surface area contributed by atoms with Crippen molar-refractivity contribution in [1.82, 2.24) is 9.62 Å². The van der Waals surface area contributed by atoms with E-state index in [1.54, 1.807) is 7.05 Å². The van der Waals surface area contributed by atoms with E-state index in [-0.39, 0.29) is 11.2 Å². The second kappa shape index (κ2) is 6.57. The summed E-state index contributed by atoms with van der Waals surface area (Å²) < 4.78 is 25.2. The largest absolute Gasteiger partial charge is 0.316 e. The van der Waals surface area contributed by atoms with E-state index in [1.165, 1.54) is 4.31 Å². The summed E-state index contributed by atoms with van der Waals surface area (Å²) in [6, 6.07) is 0. The molecule has 0 saturated carbocycles. The van der Waals surface area contributed by atoms with E-state index in [4.69, 9.17) is 0 Å². The standard InChI is InChI=1S/C11H26N2O2S/c1-6-7-12-8-9-16(14,15)13(5)10-11(2,3)4/h12H,6-10H2,1-5H3. The molecule has 0 fully saturated rings. The minimum atomic E-state index is -3.10. The summed E-state index contributed by atoms with van der Waals surface area (Å²) in [6.07, 6.45) is 1.03. The summed E-state index contributed by atoms with van der Waals surface area (Å²) in [7, 11) is -1.45. The van der Waals surface area contributed by atoms with Crippen LogP contribution in [-0.4, -0.2) is 45.2 Å². The lowest BCUT2D eigenvalue weighted by molar-refractivity contribution is 0.310. The number of nitrogens with zero attached hydrogens (tertiary/aromatic N) is 1. The van der Waals surface area contributed by atoms with Crippen LogP contribution in [-0.2, 0) is 10.0 Å². The van der Waals surface area contributed by atoms with Gasteiger partial charge in [0.05, 0.1) is 5.75 Å². The van der Waals surface area contributed by atoms with Crippen LogP contribution in [0, 0.1) is 5.41 Å². The van der Waals surface area contributed by atoms with E-state index in [9.17, 15) is 8.42 Å². The van der Waals surface area contributed by atoms with Gasteiger partial charge in [0.1, 0.15) is 0 Å². The zero-order valence-electron chi connectivity index (χ0n) is 11.2. The quantitative estimate of drug-likeness (QED) is 0.693. The predicted octanol–water partition coefficient (Wildman–Crippen LogP) is 1.29. The minimum Gasteiger partial charge on any atom is -0.316 e. The van der Waals surface area contributed by atoms with Crippen molar-refractivity contribution in [2.75, 3.05) is 32.4 Å². The van der Waals surface area contributed by atoms with Crippen molar-refractivity contribution >= 4 is 10.0 Å². The van der Waals surface area contributed by atoms with Gasteiger partial charge < -0.3 is 5.32 Å². The Kier molecular flexibility index (Phi) is 6.51. The van der Waals surface area contributed by atoms with Gasteiger partial charge in [-0.3, -0.25) is 0 Å². The molecule has 0 amide bonds. The van der Waals surface area contributed by atoms with Crippen LogP contribution in [0.1, 0.15) is 34.1 Å². The summed E-state index contributed by atoms with van der Waals surface area (Å²) in [6.45, 7) is 10.1. The van der Waals surface area contributed by atoms with Gasteiger partial charge in [-0.2, -0.15) is 0 Å². The summed E-state index contributed by atoms with van der Waals surface area (Å²) in [5, 5.41) is 3.10. The molecule has 0 radical (unpaired) electrons. The van der Waals surface area contributed by atoms with Gasteiger partial charge in [0, 0.05) is 20.1 Å². The first-order valence-corrected chi connectivity index (χ1v) is 7.44. The molecule has 0 heterocycles. The van der Waals surface area contributed by atoms with Gasteiger partial charge in [0.2, 0.25) is 10.0 Å². The third-order valence-corrected chi connectivity index (χ3v) is 3.93. The van der Waals surface area contributed by atoms with Crippen molar-refractivity contribution in [2.45, 2.75) is 34.1 Å². The first-order valence-electron chi connectivity index (χ1n) is 5.84. The van der Waals surface area contributed by atoms with Crippen LogP contribution in [0.4, 0.5) is 0 Å². The van der Waals surface area contributed by atoms with Crippen LogP contribution in [0.15, 0.2) is 0 Å². The Morgan fingerprint density at radius 3 is 2.19 bits per heavy atom. The third-order valence-electron chi connectivity index (χ3n) is 2.14. The highest BCUT2D eigenvalue weighted by Crippen LogP contribution is 2.16. The fourth-order valence-electron chi connectivity index (χ4n) is 1.43. The minimum absolute atomic E-state index is 0.00132. The Hall–Kier alpha value is -0.130. The maximum absolute atomic E-state index is 11.9. The Labute approximate surface area is 100 Å². The third kappa shape index (κ3) is 7.19. The molecule has 0 aliphatic carbocycles. The summed E-state index contributed by atoms with van der Waals surface area (Å²) in [4.78, 5) is 0. The van der Waals surface area contributed by atoms with Crippen molar-refractivity contribution in [1.29, 1.82) is 0 Å². The average Bonchev–Trinajstić information content (AvgIpc) is 2.09. The first-order chi connectivity index (χ1) is 7.19. The van der Waals surface area contributed by atoms with Gasteiger partial charge in [-0.25, -0.2) is 12.7 Å². The second-order valence-electron chi connectivity index (χ2n) is 5.38. The first kappa shape index (κ1) is 15.9. The number of sulfonamides is 1. The molecule has 0 saturated heterocycles. The van der Waals surface area contributed by atoms with Gasteiger partial charge in [0.25, 0.3) is 0 Å². The maximum atomic E-state index is 11.9. The highest BCUT2D eigenvalue weighted by molar-refractivity contribution is 7.89. The van der Waals surface area contributed by atoms with Crippen molar-refractivity contribution in [2.24, 2.45) is 5.41 Å². The van der Waals surface area contributed by atoms with Gasteiger partial charge >= 0.3 is 0 Å². The van der Waals surface area contributed by atoms with E-state index in [2.05, 4.69) is 12.2 Å². The van der Waals surface area contributed by atoms with Crippen LogP contribution >= 0.6 is 0 Å². The molecule has 0 aliphatic heterocycles. The fraction of sp³-hybridized carbons (Fsp3) is 1.00. The lowest BCUT2D eigenvalue weighted by Crippen LogP contribution is -2.38. The molecule has 0 aromatic carbocycles. The molecule has 16 heavy (non-hydrogen) atoms. The summed E-state index contributed by atoms with van der Waals surface area (Å²) in [5.74, 6) is 0.180. The summed E-state index contributed by atoms with van der Waals surface area (Å²) in [5.41, 5.74) is -0.00132. The van der Waals surface area contributed by atoms with Gasteiger partial charge in [-0.1, -0.05) is 27.7 Å². The number of hydrogen-bond donors (Lipinski definition) is 1. The number of hydrogen-bond acceptors (Lipinski definition) is 3. The zero-order chi connectivity index (χ0) is 12.8. The van der Waals surface area contributed by atoms with Crippen molar-refractivity contribution in [3.05, 3.63) is 0 Å². The van der Waals surface area contributed by atoms with Crippen molar-refractivity contribution in [3.63, 3.8) is 0 Å². The molecule has 1 N–H and O–H groups in total. The van der Waals surface area contributed by atoms with Crippen LogP contribution in [0.3, 0.4) is 0 Å². The SMILES string of the molecule is CCCNCCS(=O)(=O)N(C)CC(C)(C)C. The molecule has 0 atom stereocenters. The molecule has 0 aliphatic rings. The Morgan fingerprint density at radius 2 is 1.75 bits per heavy atom. The maximum Gasteiger partial charge on any atom is 0.215 e. The number of rotatable bonds is 7. The zero-order valence-corrected chi connectivity index (χ0v) is 12.0. The summed E-state index contributed by atoms with van der Waals surface area (Å²) >= 11 is 0. The van der Waals surface area contributed by atoms with Crippen molar-refractivity contribution < 1.29 is 8.42 Å². The highest BCUT2D eigenvalue weighted by Gasteiger charge is 2.22. The van der Waals surface area contributed by atoms with E-state index in [0.717, 1.165) is 13.0 Å². The van der Waals surface area contributed by atoms with Crippen LogP contribution in [0.5, 0.6) is 0 Å². The smallest absolute Gasteiger partial charge is 0.215 e. The number of nitrogens with one attached hydrogen (secondary N) is 1. The lowest BCUT2D eigenvalue weighted by atomic mass is 9.97. The molecule has 0 rings (SSSR count). The van der Waals surface area contributed by atoms with Crippen LogP contribution in [0.25, 0.3) is 0 Å². The van der Waals surface area contributed by atoms with E-state index >= 15 is 0 Å². The molecule has 5 heteroatoms. The fourth-order valence-corrected chi connectivity index (χ4v) is 2.72. The van der Waals surface area contributed by atoms with Crippen LogP contribution in [0.2, 0.25) is 0 Å². The van der Waals surface area contributed by atoms with Crippen molar-refractivity contribution in [3.8, 4) is 0 Å². The van der Waals surface area contributed by atoms with E-state index < -0.39 is 10.0 Å². The lowest BCUT2D eigenvalue weighted by Gasteiger charge is -2.26. The van der Waals surface area contributed by atoms with Crippen LogP contribution < -0.4 is 5.32 Å². The van der Waals surface area contributed by atoms with E-state index in [1.807, 2.05) is 20.8 Å². The average molecular weight is 250 g/mol.